The van der Waals surface area contributed by atoms with Crippen LogP contribution in [0.1, 0.15) is 19.4 Å². The normalized spacial score (nSPS) is 11.9. The summed E-state index contributed by atoms with van der Waals surface area (Å²) in [6.07, 6.45) is 2.90. The Balaban J connectivity index is 2.79. The zero-order valence-electron chi connectivity index (χ0n) is 13.6. The van der Waals surface area contributed by atoms with Crippen LogP contribution in [0, 0.1) is 0 Å². The maximum absolute atomic E-state index is 11.8. The van der Waals surface area contributed by atoms with Gasteiger partial charge in [-0.25, -0.2) is 0 Å². The highest BCUT2D eigenvalue weighted by atomic mass is 35.5. The molecule has 0 heterocycles. The molecule has 0 fully saturated rings. The summed E-state index contributed by atoms with van der Waals surface area (Å²) >= 11 is 6.10. The third kappa shape index (κ3) is 5.49. The fourth-order valence-corrected chi connectivity index (χ4v) is 2.16. The Morgan fingerprint density at radius 2 is 2.00 bits per heavy atom. The van der Waals surface area contributed by atoms with Gasteiger partial charge >= 0.3 is 0 Å². The smallest absolute Gasteiger partial charge is 0.244 e. The minimum atomic E-state index is -0.610. The lowest BCUT2D eigenvalue weighted by molar-refractivity contribution is -0.126. The summed E-state index contributed by atoms with van der Waals surface area (Å²) in [5.74, 6) is 0.287. The van der Waals surface area contributed by atoms with Gasteiger partial charge in [0.2, 0.25) is 11.8 Å². The SMILES string of the molecule is CCNC(=O)[C@@H](C)NC(=O)/C=C/c1cc(Cl)c(OC)c(OC)c1. The van der Waals surface area contributed by atoms with Gasteiger partial charge in [0, 0.05) is 12.6 Å². The van der Waals surface area contributed by atoms with Gasteiger partial charge in [-0.15, -0.1) is 0 Å². The standard InChI is InChI=1S/C16H21ClN2O4/c1-5-18-16(21)10(2)19-14(20)7-6-11-8-12(17)15(23-4)13(9-11)22-3/h6-10H,5H2,1-4H3,(H,18,21)(H,19,20)/b7-6+/t10-/m1/s1. The molecule has 0 saturated heterocycles. The summed E-state index contributed by atoms with van der Waals surface area (Å²) in [5.41, 5.74) is 0.675. The Morgan fingerprint density at radius 3 is 2.57 bits per heavy atom. The number of hydrogen-bond donors (Lipinski definition) is 2. The summed E-state index contributed by atoms with van der Waals surface area (Å²) in [6.45, 7) is 3.94. The van der Waals surface area contributed by atoms with Gasteiger partial charge < -0.3 is 20.1 Å². The monoisotopic (exact) mass is 340 g/mol. The molecule has 0 aromatic heterocycles. The van der Waals surface area contributed by atoms with Crippen LogP contribution >= 0.6 is 11.6 Å². The van der Waals surface area contributed by atoms with Crippen molar-refractivity contribution in [1.82, 2.24) is 10.6 Å². The summed E-state index contributed by atoms with van der Waals surface area (Å²) < 4.78 is 10.3. The predicted octanol–water partition coefficient (Wildman–Crippen LogP) is 2.01. The number of halogens is 1. The average molecular weight is 341 g/mol. The van der Waals surface area contributed by atoms with Crippen LogP contribution in [0.15, 0.2) is 18.2 Å². The van der Waals surface area contributed by atoms with Gasteiger partial charge in [-0.1, -0.05) is 11.6 Å². The first kappa shape index (κ1) is 18.8. The molecule has 126 valence electrons. The number of carbonyl (C=O) groups excluding carboxylic acids is 2. The number of rotatable bonds is 7. The van der Waals surface area contributed by atoms with E-state index in [0.717, 1.165) is 0 Å². The molecular formula is C16H21ClN2O4. The third-order valence-corrected chi connectivity index (χ3v) is 3.27. The van der Waals surface area contributed by atoms with Gasteiger partial charge in [0.25, 0.3) is 0 Å². The van der Waals surface area contributed by atoms with Crippen LogP contribution in [0.3, 0.4) is 0 Å². The third-order valence-electron chi connectivity index (χ3n) is 2.99. The first-order valence-electron chi connectivity index (χ1n) is 7.10. The van der Waals surface area contributed by atoms with Gasteiger partial charge in [0.1, 0.15) is 6.04 Å². The Bertz CT molecular complexity index is 602. The molecule has 6 nitrogen and oxygen atoms in total. The van der Waals surface area contributed by atoms with E-state index in [2.05, 4.69) is 10.6 Å². The van der Waals surface area contributed by atoms with Crippen molar-refractivity contribution in [3.8, 4) is 11.5 Å². The number of likely N-dealkylation sites (N-methyl/N-ethyl adjacent to an activating group) is 1. The zero-order valence-corrected chi connectivity index (χ0v) is 14.4. The zero-order chi connectivity index (χ0) is 17.4. The molecule has 0 spiro atoms. The van der Waals surface area contributed by atoms with Gasteiger partial charge in [0.05, 0.1) is 19.2 Å². The fraction of sp³-hybridized carbons (Fsp3) is 0.375. The summed E-state index contributed by atoms with van der Waals surface area (Å²) in [4.78, 5) is 23.4. The van der Waals surface area contributed by atoms with Gasteiger partial charge in [-0.2, -0.15) is 0 Å². The lowest BCUT2D eigenvalue weighted by atomic mass is 10.2. The lowest BCUT2D eigenvalue weighted by Gasteiger charge is -2.12. The molecule has 0 unspecified atom stereocenters. The van der Waals surface area contributed by atoms with E-state index in [9.17, 15) is 9.59 Å². The van der Waals surface area contributed by atoms with E-state index in [1.54, 1.807) is 25.1 Å². The Morgan fingerprint density at radius 1 is 1.30 bits per heavy atom. The van der Waals surface area contributed by atoms with Gasteiger partial charge in [-0.05, 0) is 37.6 Å². The second-order valence-electron chi connectivity index (χ2n) is 4.70. The van der Waals surface area contributed by atoms with Crippen molar-refractivity contribution in [3.05, 3.63) is 28.8 Å². The summed E-state index contributed by atoms with van der Waals surface area (Å²) in [6, 6.07) is 2.74. The Hall–Kier alpha value is -2.21. The molecule has 0 aliphatic heterocycles. The Labute approximate surface area is 140 Å². The second kappa shape index (κ2) is 9.05. The van der Waals surface area contributed by atoms with Crippen molar-refractivity contribution in [1.29, 1.82) is 0 Å². The number of methoxy groups -OCH3 is 2. The predicted molar refractivity (Wildman–Crippen MR) is 89.9 cm³/mol. The highest BCUT2D eigenvalue weighted by Gasteiger charge is 2.13. The molecular weight excluding hydrogens is 320 g/mol. The van der Waals surface area contributed by atoms with Crippen LogP contribution in [0.25, 0.3) is 6.08 Å². The van der Waals surface area contributed by atoms with E-state index in [4.69, 9.17) is 21.1 Å². The molecule has 1 atom stereocenters. The number of carbonyl (C=O) groups is 2. The quantitative estimate of drug-likeness (QED) is 0.744. The van der Waals surface area contributed by atoms with Crippen LogP contribution in [0.2, 0.25) is 5.02 Å². The first-order valence-corrected chi connectivity index (χ1v) is 7.48. The molecule has 0 aliphatic carbocycles. The van der Waals surface area contributed by atoms with Crippen molar-refractivity contribution in [2.45, 2.75) is 19.9 Å². The molecule has 0 radical (unpaired) electrons. The maximum Gasteiger partial charge on any atom is 0.244 e. The van der Waals surface area contributed by atoms with Gasteiger partial charge in [0.15, 0.2) is 11.5 Å². The lowest BCUT2D eigenvalue weighted by Crippen LogP contribution is -2.44. The second-order valence-corrected chi connectivity index (χ2v) is 5.10. The van der Waals surface area contributed by atoms with E-state index >= 15 is 0 Å². The molecule has 0 saturated carbocycles. The summed E-state index contributed by atoms with van der Waals surface area (Å²) in [7, 11) is 3.00. The van der Waals surface area contributed by atoms with Crippen LogP contribution in [0.4, 0.5) is 0 Å². The fourth-order valence-electron chi connectivity index (χ4n) is 1.86. The molecule has 1 aromatic rings. The number of nitrogens with one attached hydrogen (secondary N) is 2. The van der Waals surface area contributed by atoms with Crippen LogP contribution in [-0.2, 0) is 9.59 Å². The molecule has 0 aliphatic rings. The van der Waals surface area contributed by atoms with E-state index in [0.29, 0.717) is 28.6 Å². The topological polar surface area (TPSA) is 76.7 Å². The van der Waals surface area contributed by atoms with E-state index in [1.807, 2.05) is 6.92 Å². The van der Waals surface area contributed by atoms with Crippen LogP contribution in [-0.4, -0.2) is 38.6 Å². The minimum Gasteiger partial charge on any atom is -0.493 e. The first-order chi connectivity index (χ1) is 10.9. The molecule has 7 heteroatoms. The van der Waals surface area contributed by atoms with Crippen LogP contribution < -0.4 is 20.1 Å². The highest BCUT2D eigenvalue weighted by molar-refractivity contribution is 6.32. The maximum atomic E-state index is 11.8. The van der Waals surface area contributed by atoms with Crippen LogP contribution in [0.5, 0.6) is 11.5 Å². The minimum absolute atomic E-state index is 0.233. The van der Waals surface area contributed by atoms with Crippen molar-refractivity contribution in [2.24, 2.45) is 0 Å². The largest absolute Gasteiger partial charge is 0.493 e. The van der Waals surface area contributed by atoms with Crippen molar-refractivity contribution >= 4 is 29.5 Å². The van der Waals surface area contributed by atoms with Crippen molar-refractivity contribution in [2.75, 3.05) is 20.8 Å². The molecule has 2 amide bonds. The summed E-state index contributed by atoms with van der Waals surface area (Å²) in [5, 5.41) is 5.59. The molecule has 1 rings (SSSR count). The van der Waals surface area contributed by atoms with Crippen molar-refractivity contribution < 1.29 is 19.1 Å². The van der Waals surface area contributed by atoms with E-state index in [-0.39, 0.29) is 11.8 Å². The van der Waals surface area contributed by atoms with E-state index < -0.39 is 6.04 Å². The molecule has 23 heavy (non-hydrogen) atoms. The number of amides is 2. The Kier molecular flexibility index (Phi) is 7.41. The van der Waals surface area contributed by atoms with E-state index in [1.165, 1.54) is 20.3 Å². The van der Waals surface area contributed by atoms with Gasteiger partial charge in [-0.3, -0.25) is 9.59 Å². The average Bonchev–Trinajstić information content (AvgIpc) is 2.52. The molecule has 2 N–H and O–H groups in total. The van der Waals surface area contributed by atoms with Crippen molar-refractivity contribution in [3.63, 3.8) is 0 Å². The number of hydrogen-bond acceptors (Lipinski definition) is 4. The number of ether oxygens (including phenoxy) is 2. The molecule has 1 aromatic carbocycles. The highest BCUT2D eigenvalue weighted by Crippen LogP contribution is 2.36. The number of benzene rings is 1. The molecule has 0 bridgehead atoms.